The van der Waals surface area contributed by atoms with Crippen LogP contribution in [-0.2, 0) is 4.79 Å². The average molecular weight is 468 g/mol. The van der Waals surface area contributed by atoms with Crippen molar-refractivity contribution in [2.24, 2.45) is 0 Å². The molecule has 4 heterocycles. The number of carbonyl (C=O) groups is 2. The van der Waals surface area contributed by atoms with E-state index in [0.717, 1.165) is 57.6 Å². The molecule has 0 unspecified atom stereocenters. The molecule has 0 spiro atoms. The number of hydrogen-bond acceptors (Lipinski definition) is 4. The summed E-state index contributed by atoms with van der Waals surface area (Å²) in [5, 5.41) is 0.906. The van der Waals surface area contributed by atoms with Crippen LogP contribution in [0.3, 0.4) is 0 Å². The van der Waals surface area contributed by atoms with Crippen LogP contribution in [0.5, 0.6) is 0 Å². The van der Waals surface area contributed by atoms with Gasteiger partial charge in [-0.15, -0.1) is 0 Å². The van der Waals surface area contributed by atoms with Crippen LogP contribution in [0.2, 0.25) is 0 Å². The van der Waals surface area contributed by atoms with Crippen molar-refractivity contribution in [3.63, 3.8) is 0 Å². The van der Waals surface area contributed by atoms with E-state index in [1.54, 1.807) is 25.2 Å². The Bertz CT molecular complexity index is 1420. The minimum atomic E-state index is -0.0823. The number of aromatic nitrogens is 3. The first-order valence-electron chi connectivity index (χ1n) is 11.9. The third kappa shape index (κ3) is 4.18. The number of anilines is 1. The Balaban J connectivity index is 1.57. The number of rotatable bonds is 5. The minimum absolute atomic E-state index is 0.0823. The van der Waals surface area contributed by atoms with Gasteiger partial charge in [-0.05, 0) is 42.2 Å². The van der Waals surface area contributed by atoms with Gasteiger partial charge in [0.1, 0.15) is 5.65 Å². The molecule has 0 atom stereocenters. The highest BCUT2D eigenvalue weighted by atomic mass is 16.2. The zero-order chi connectivity index (χ0) is 24.7. The Morgan fingerprint density at radius 2 is 1.77 bits per heavy atom. The van der Waals surface area contributed by atoms with Crippen LogP contribution >= 0.6 is 0 Å². The highest BCUT2D eigenvalue weighted by molar-refractivity contribution is 6.02. The van der Waals surface area contributed by atoms with Crippen LogP contribution in [0.25, 0.3) is 33.3 Å². The van der Waals surface area contributed by atoms with Gasteiger partial charge in [-0.1, -0.05) is 26.0 Å². The molecule has 1 aliphatic rings. The fourth-order valence-electron chi connectivity index (χ4n) is 4.70. The molecule has 0 aliphatic carbocycles. The topological polar surface area (TPSA) is 82.2 Å². The molecule has 2 amide bonds. The van der Waals surface area contributed by atoms with E-state index in [1.807, 2.05) is 47.6 Å². The number of H-pyrrole nitrogens is 1. The molecule has 1 N–H and O–H groups in total. The van der Waals surface area contributed by atoms with Gasteiger partial charge >= 0.3 is 0 Å². The van der Waals surface area contributed by atoms with E-state index in [0.29, 0.717) is 12.0 Å². The molecule has 7 heteroatoms. The van der Waals surface area contributed by atoms with E-state index in [1.165, 1.54) is 0 Å². The smallest absolute Gasteiger partial charge is 0.254 e. The molecule has 0 saturated carbocycles. The lowest BCUT2D eigenvalue weighted by molar-refractivity contribution is -0.117. The van der Waals surface area contributed by atoms with Crippen molar-refractivity contribution in [3.05, 3.63) is 66.2 Å². The van der Waals surface area contributed by atoms with Gasteiger partial charge in [0, 0.05) is 79.1 Å². The maximum atomic E-state index is 12.6. The number of benzene rings is 1. The summed E-state index contributed by atoms with van der Waals surface area (Å²) in [4.78, 5) is 40.6. The number of aromatic amines is 1. The number of fused-ring (bicyclic) bond motifs is 1. The Kier molecular flexibility index (Phi) is 5.84. The summed E-state index contributed by atoms with van der Waals surface area (Å²) >= 11 is 0. The minimum Gasteiger partial charge on any atom is -0.345 e. The van der Waals surface area contributed by atoms with Gasteiger partial charge in [-0.3, -0.25) is 14.6 Å². The molecule has 3 aromatic heterocycles. The van der Waals surface area contributed by atoms with Crippen LogP contribution in [0.4, 0.5) is 5.69 Å². The number of nitrogens with zero attached hydrogens (tertiary/aromatic N) is 4. The Morgan fingerprint density at radius 3 is 2.43 bits per heavy atom. The summed E-state index contributed by atoms with van der Waals surface area (Å²) in [6, 6.07) is 12.1. The van der Waals surface area contributed by atoms with Crippen molar-refractivity contribution in [1.29, 1.82) is 0 Å². The number of amides is 2. The molecule has 1 aromatic carbocycles. The maximum absolute atomic E-state index is 12.6. The van der Waals surface area contributed by atoms with Crippen LogP contribution < -0.4 is 4.90 Å². The summed E-state index contributed by atoms with van der Waals surface area (Å²) in [5.41, 5.74) is 7.30. The molecule has 35 heavy (non-hydrogen) atoms. The highest BCUT2D eigenvalue weighted by Gasteiger charge is 2.22. The Morgan fingerprint density at radius 1 is 1.03 bits per heavy atom. The lowest BCUT2D eigenvalue weighted by atomic mass is 9.96. The molecule has 1 aliphatic heterocycles. The SMILES string of the molecule is CC(C)c1[nH]c2ncc(C(=O)N(C)C)cc2c1-c1cncc(-c2ccc(N3CCCC3=O)cc2)c1. The number of pyridine rings is 2. The molecular formula is C28H29N5O2. The first kappa shape index (κ1) is 22.8. The largest absolute Gasteiger partial charge is 0.345 e. The van der Waals surface area contributed by atoms with Crippen molar-refractivity contribution < 1.29 is 9.59 Å². The Hall–Kier alpha value is -4.00. The van der Waals surface area contributed by atoms with Gasteiger partial charge in [0.15, 0.2) is 0 Å². The van der Waals surface area contributed by atoms with Crippen molar-refractivity contribution in [3.8, 4) is 22.3 Å². The molecule has 1 fully saturated rings. The fourth-order valence-corrected chi connectivity index (χ4v) is 4.70. The lowest BCUT2D eigenvalue weighted by Gasteiger charge is -2.16. The third-order valence-electron chi connectivity index (χ3n) is 6.52. The number of carbonyl (C=O) groups excluding carboxylic acids is 2. The first-order chi connectivity index (χ1) is 16.8. The summed E-state index contributed by atoms with van der Waals surface area (Å²) < 4.78 is 0. The second kappa shape index (κ2) is 8.98. The van der Waals surface area contributed by atoms with Crippen molar-refractivity contribution in [1.82, 2.24) is 19.9 Å². The van der Waals surface area contributed by atoms with E-state index in [-0.39, 0.29) is 17.7 Å². The van der Waals surface area contributed by atoms with Gasteiger partial charge in [-0.2, -0.15) is 0 Å². The quantitative estimate of drug-likeness (QED) is 0.435. The van der Waals surface area contributed by atoms with Crippen molar-refractivity contribution >= 4 is 28.5 Å². The van der Waals surface area contributed by atoms with Crippen LogP contribution in [-0.4, -0.2) is 52.3 Å². The normalized spacial score (nSPS) is 13.7. The predicted octanol–water partition coefficient (Wildman–Crippen LogP) is 5.24. The van der Waals surface area contributed by atoms with E-state index < -0.39 is 0 Å². The second-order valence-corrected chi connectivity index (χ2v) is 9.55. The standard InChI is InChI=1S/C28H29N5O2/c1-17(2)26-25(23-13-21(28(35)32(3)4)16-30-27(23)31-26)20-12-19(14-29-15-20)18-7-9-22(10-8-18)33-11-5-6-24(33)34/h7-10,12-17H,5-6,11H2,1-4H3,(H,30,31). The van der Waals surface area contributed by atoms with Crippen LogP contribution in [0.15, 0.2) is 55.0 Å². The zero-order valence-corrected chi connectivity index (χ0v) is 20.5. The monoisotopic (exact) mass is 467 g/mol. The van der Waals surface area contributed by atoms with Gasteiger partial charge in [0.2, 0.25) is 5.91 Å². The van der Waals surface area contributed by atoms with Gasteiger partial charge in [0.25, 0.3) is 5.91 Å². The van der Waals surface area contributed by atoms with E-state index in [4.69, 9.17) is 0 Å². The molecule has 178 valence electrons. The third-order valence-corrected chi connectivity index (χ3v) is 6.52. The summed E-state index contributed by atoms with van der Waals surface area (Å²) in [7, 11) is 3.48. The van der Waals surface area contributed by atoms with E-state index >= 15 is 0 Å². The summed E-state index contributed by atoms with van der Waals surface area (Å²) in [6.07, 6.45) is 6.86. The summed E-state index contributed by atoms with van der Waals surface area (Å²) in [5.74, 6) is 0.330. The van der Waals surface area contributed by atoms with E-state index in [2.05, 4.69) is 34.9 Å². The van der Waals surface area contributed by atoms with Crippen molar-refractivity contribution in [2.45, 2.75) is 32.6 Å². The second-order valence-electron chi connectivity index (χ2n) is 9.55. The molecule has 7 nitrogen and oxygen atoms in total. The van der Waals surface area contributed by atoms with Crippen LogP contribution in [0, 0.1) is 0 Å². The molecule has 5 rings (SSSR count). The maximum Gasteiger partial charge on any atom is 0.254 e. The molecule has 0 radical (unpaired) electrons. The first-order valence-corrected chi connectivity index (χ1v) is 11.9. The highest BCUT2D eigenvalue weighted by Crippen LogP contribution is 2.37. The molecule has 4 aromatic rings. The van der Waals surface area contributed by atoms with Gasteiger partial charge in [0.05, 0.1) is 5.56 Å². The van der Waals surface area contributed by atoms with E-state index in [9.17, 15) is 9.59 Å². The molecular weight excluding hydrogens is 438 g/mol. The van der Waals surface area contributed by atoms with Gasteiger partial charge in [-0.25, -0.2) is 4.98 Å². The molecule has 1 saturated heterocycles. The zero-order valence-electron chi connectivity index (χ0n) is 20.5. The van der Waals surface area contributed by atoms with Crippen LogP contribution in [0.1, 0.15) is 48.7 Å². The molecule has 0 bridgehead atoms. The Labute approximate surface area is 204 Å². The lowest BCUT2D eigenvalue weighted by Crippen LogP contribution is -2.23. The number of hydrogen-bond donors (Lipinski definition) is 1. The number of nitrogens with one attached hydrogen (secondary N) is 1. The van der Waals surface area contributed by atoms with Gasteiger partial charge < -0.3 is 14.8 Å². The van der Waals surface area contributed by atoms with Crippen molar-refractivity contribution in [2.75, 3.05) is 25.5 Å². The fraction of sp³-hybridized carbons (Fsp3) is 0.286. The average Bonchev–Trinajstić information content (AvgIpc) is 3.47. The summed E-state index contributed by atoms with van der Waals surface area (Å²) in [6.45, 7) is 5.05. The predicted molar refractivity (Wildman–Crippen MR) is 138 cm³/mol.